The van der Waals surface area contributed by atoms with Gasteiger partial charge in [-0.2, -0.15) is 0 Å². The summed E-state index contributed by atoms with van der Waals surface area (Å²) in [7, 11) is 0. The van der Waals surface area contributed by atoms with E-state index in [4.69, 9.17) is 0 Å². The zero-order chi connectivity index (χ0) is 11.2. The minimum Gasteiger partial charge on any atom is -0.0851 e. The fraction of sp³-hybridized carbons (Fsp3) is 0.857. The van der Waals surface area contributed by atoms with Gasteiger partial charge in [-0.05, 0) is 30.6 Å². The van der Waals surface area contributed by atoms with Crippen LogP contribution < -0.4 is 0 Å². The molecule has 0 fully saturated rings. The molecular formula is C14H28. The average molecular weight is 196 g/mol. The second-order valence-corrected chi connectivity index (χ2v) is 5.61. The molecule has 0 rings (SSSR count). The van der Waals surface area contributed by atoms with Crippen molar-refractivity contribution in [3.8, 4) is 0 Å². The van der Waals surface area contributed by atoms with Crippen molar-refractivity contribution in [2.45, 2.75) is 67.2 Å². The van der Waals surface area contributed by atoms with E-state index in [1.165, 1.54) is 25.7 Å². The Morgan fingerprint density at radius 1 is 1.21 bits per heavy atom. The molecule has 1 atom stereocenters. The van der Waals surface area contributed by atoms with Crippen LogP contribution in [0.2, 0.25) is 0 Å². The third-order valence-corrected chi connectivity index (χ3v) is 2.68. The molecule has 0 aromatic rings. The first-order valence-corrected chi connectivity index (χ1v) is 6.09. The van der Waals surface area contributed by atoms with Gasteiger partial charge in [0, 0.05) is 0 Å². The van der Waals surface area contributed by atoms with E-state index < -0.39 is 0 Å². The number of hydrogen-bond acceptors (Lipinski definition) is 0. The monoisotopic (exact) mass is 196 g/mol. The van der Waals surface area contributed by atoms with Crippen molar-refractivity contribution < 1.29 is 0 Å². The second kappa shape index (κ2) is 6.27. The number of hydrogen-bond donors (Lipinski definition) is 0. The normalized spacial score (nSPS) is 15.7. The van der Waals surface area contributed by atoms with E-state index in [9.17, 15) is 0 Å². The van der Waals surface area contributed by atoms with Crippen molar-refractivity contribution in [3.63, 3.8) is 0 Å². The summed E-state index contributed by atoms with van der Waals surface area (Å²) in [6.07, 6.45) is 7.51. The predicted molar refractivity (Wildman–Crippen MR) is 66.5 cm³/mol. The molecule has 0 aromatic carbocycles. The van der Waals surface area contributed by atoms with Crippen LogP contribution in [0.1, 0.15) is 67.2 Å². The maximum atomic E-state index is 2.47. The highest BCUT2D eigenvalue weighted by molar-refractivity contribution is 5.07. The molecule has 0 radical (unpaired) electrons. The van der Waals surface area contributed by atoms with Crippen molar-refractivity contribution >= 4 is 0 Å². The van der Waals surface area contributed by atoms with Crippen LogP contribution in [0.4, 0.5) is 0 Å². The zero-order valence-electron chi connectivity index (χ0n) is 11.0. The van der Waals surface area contributed by atoms with Gasteiger partial charge in [-0.3, -0.25) is 0 Å². The van der Waals surface area contributed by atoms with Gasteiger partial charge in [0.15, 0.2) is 0 Å². The van der Waals surface area contributed by atoms with Crippen molar-refractivity contribution in [1.82, 2.24) is 0 Å². The fourth-order valence-electron chi connectivity index (χ4n) is 1.65. The summed E-state index contributed by atoms with van der Waals surface area (Å²) in [4.78, 5) is 0. The van der Waals surface area contributed by atoms with E-state index in [2.05, 4.69) is 47.6 Å². The van der Waals surface area contributed by atoms with E-state index in [-0.39, 0.29) is 0 Å². The van der Waals surface area contributed by atoms with Crippen LogP contribution in [-0.2, 0) is 0 Å². The summed E-state index contributed by atoms with van der Waals surface area (Å²) >= 11 is 0. The lowest BCUT2D eigenvalue weighted by Gasteiger charge is -2.24. The van der Waals surface area contributed by atoms with E-state index >= 15 is 0 Å². The van der Waals surface area contributed by atoms with Gasteiger partial charge in [-0.15, -0.1) is 0 Å². The van der Waals surface area contributed by atoms with Crippen molar-refractivity contribution in [2.24, 2.45) is 11.3 Å². The molecule has 1 unspecified atom stereocenters. The second-order valence-electron chi connectivity index (χ2n) is 5.61. The largest absolute Gasteiger partial charge is 0.0851 e. The predicted octanol–water partition coefficient (Wildman–Crippen LogP) is 5.20. The Hall–Kier alpha value is -0.260. The van der Waals surface area contributed by atoms with Gasteiger partial charge in [0.25, 0.3) is 0 Å². The lowest BCUT2D eigenvalue weighted by molar-refractivity contribution is 0.387. The molecule has 0 N–H and O–H groups in total. The molecule has 0 aliphatic carbocycles. The van der Waals surface area contributed by atoms with Gasteiger partial charge >= 0.3 is 0 Å². The van der Waals surface area contributed by atoms with Crippen molar-refractivity contribution in [3.05, 3.63) is 11.6 Å². The van der Waals surface area contributed by atoms with Gasteiger partial charge in [0.1, 0.15) is 0 Å². The molecule has 0 saturated heterocycles. The molecular weight excluding hydrogens is 168 g/mol. The Balaban J connectivity index is 4.40. The lowest BCUT2D eigenvalue weighted by atomic mass is 9.82. The zero-order valence-corrected chi connectivity index (χ0v) is 11.0. The maximum absolute atomic E-state index is 2.47. The van der Waals surface area contributed by atoms with Crippen molar-refractivity contribution in [2.75, 3.05) is 0 Å². The Morgan fingerprint density at radius 2 is 1.79 bits per heavy atom. The maximum Gasteiger partial charge on any atom is -0.0234 e. The highest BCUT2D eigenvalue weighted by atomic mass is 14.2. The van der Waals surface area contributed by atoms with Crippen LogP contribution in [0.5, 0.6) is 0 Å². The summed E-state index contributed by atoms with van der Waals surface area (Å²) in [6.45, 7) is 13.9. The summed E-state index contributed by atoms with van der Waals surface area (Å²) in [5.41, 5.74) is 2.10. The molecule has 0 amide bonds. The summed E-state index contributed by atoms with van der Waals surface area (Å²) in [6, 6.07) is 0. The first kappa shape index (κ1) is 13.7. The van der Waals surface area contributed by atoms with Crippen molar-refractivity contribution in [1.29, 1.82) is 0 Å². The molecule has 0 heterocycles. The minimum atomic E-state index is 0.434. The molecule has 0 saturated carbocycles. The van der Waals surface area contributed by atoms with Crippen LogP contribution in [0.15, 0.2) is 11.6 Å². The van der Waals surface area contributed by atoms with E-state index in [0.29, 0.717) is 5.41 Å². The Labute approximate surface area is 90.8 Å². The van der Waals surface area contributed by atoms with E-state index in [0.717, 1.165) is 5.92 Å². The van der Waals surface area contributed by atoms with Crippen LogP contribution in [0.25, 0.3) is 0 Å². The van der Waals surface area contributed by atoms with Gasteiger partial charge in [0.2, 0.25) is 0 Å². The summed E-state index contributed by atoms with van der Waals surface area (Å²) < 4.78 is 0. The smallest absolute Gasteiger partial charge is 0.0234 e. The number of allylic oxidation sites excluding steroid dienone is 2. The quantitative estimate of drug-likeness (QED) is 0.530. The highest BCUT2D eigenvalue weighted by Crippen LogP contribution is 2.30. The van der Waals surface area contributed by atoms with E-state index in [1.807, 2.05) is 0 Å². The van der Waals surface area contributed by atoms with Crippen LogP contribution in [0, 0.1) is 11.3 Å². The average Bonchev–Trinajstić information content (AvgIpc) is 2.09. The van der Waals surface area contributed by atoms with E-state index in [1.54, 1.807) is 5.57 Å². The highest BCUT2D eigenvalue weighted by Gasteiger charge is 2.16. The van der Waals surface area contributed by atoms with Gasteiger partial charge < -0.3 is 0 Å². The van der Waals surface area contributed by atoms with Gasteiger partial charge in [-0.1, -0.05) is 59.6 Å². The Kier molecular flexibility index (Phi) is 6.15. The fourth-order valence-corrected chi connectivity index (χ4v) is 1.65. The Bertz CT molecular complexity index is 169. The molecule has 14 heavy (non-hydrogen) atoms. The molecule has 0 nitrogen and oxygen atoms in total. The summed E-state index contributed by atoms with van der Waals surface area (Å²) in [5, 5.41) is 0. The van der Waals surface area contributed by atoms with Gasteiger partial charge in [0.05, 0.1) is 0 Å². The molecule has 84 valence electrons. The SMILES string of the molecule is CCCC=C(CC(C)(C)C)C(C)CC. The minimum absolute atomic E-state index is 0.434. The Morgan fingerprint density at radius 3 is 2.14 bits per heavy atom. The number of rotatable bonds is 5. The first-order valence-electron chi connectivity index (χ1n) is 6.09. The van der Waals surface area contributed by atoms with Crippen LogP contribution >= 0.6 is 0 Å². The van der Waals surface area contributed by atoms with Gasteiger partial charge in [-0.25, -0.2) is 0 Å². The topological polar surface area (TPSA) is 0 Å². The molecule has 0 bridgehead atoms. The first-order chi connectivity index (χ1) is 6.40. The van der Waals surface area contributed by atoms with Crippen LogP contribution in [-0.4, -0.2) is 0 Å². The standard InChI is InChI=1S/C14H28/c1-7-9-10-13(12(3)8-2)11-14(4,5)6/h10,12H,7-9,11H2,1-6H3. The molecule has 0 spiro atoms. The molecule has 0 aromatic heterocycles. The lowest BCUT2D eigenvalue weighted by Crippen LogP contribution is -2.10. The molecule has 0 aliphatic heterocycles. The molecule has 0 aliphatic rings. The number of unbranched alkanes of at least 4 members (excludes halogenated alkanes) is 1. The molecule has 0 heteroatoms. The third kappa shape index (κ3) is 6.23. The summed E-state index contributed by atoms with van der Waals surface area (Å²) in [5.74, 6) is 0.765. The third-order valence-electron chi connectivity index (χ3n) is 2.68. The van der Waals surface area contributed by atoms with Crippen LogP contribution in [0.3, 0.4) is 0 Å².